The average Bonchev–Trinajstić information content (AvgIpc) is 2.90. The lowest BCUT2D eigenvalue weighted by atomic mass is 9.61. The quantitative estimate of drug-likeness (QED) is 0.628. The fraction of sp³-hybridized carbons (Fsp3) is 0.647. The number of fused-ring (bicyclic) bond motifs is 2. The van der Waals surface area contributed by atoms with Crippen LogP contribution < -0.4 is 0 Å². The molecule has 94 valence electrons. The van der Waals surface area contributed by atoms with E-state index in [0.29, 0.717) is 0 Å². The molecule has 2 saturated carbocycles. The molecule has 0 amide bonds. The standard InChI is InChI=1S/C17H20O/c1-2-6-14-12(4-1)8-10-17-15-7-3-5-13(15)9-11-16(14,17)18-17/h1-2,4,6,13,15H,3,5,7-11H2/t13-,15+,16-,17+/m0/s1. The predicted octanol–water partition coefficient (Wildman–Crippen LogP) is 3.81. The van der Waals surface area contributed by atoms with Crippen molar-refractivity contribution in [1.29, 1.82) is 0 Å². The third kappa shape index (κ3) is 0.934. The maximum absolute atomic E-state index is 6.55. The maximum Gasteiger partial charge on any atom is 0.123 e. The second-order valence-corrected chi connectivity index (χ2v) is 6.81. The van der Waals surface area contributed by atoms with E-state index in [-0.39, 0.29) is 11.2 Å². The van der Waals surface area contributed by atoms with E-state index in [0.717, 1.165) is 11.8 Å². The highest BCUT2D eigenvalue weighted by Gasteiger charge is 2.77. The zero-order valence-corrected chi connectivity index (χ0v) is 10.8. The Balaban J connectivity index is 1.67. The van der Waals surface area contributed by atoms with Crippen LogP contribution in [-0.4, -0.2) is 5.60 Å². The molecule has 4 atom stereocenters. The van der Waals surface area contributed by atoms with Crippen LogP contribution in [0.25, 0.3) is 0 Å². The molecule has 18 heavy (non-hydrogen) atoms. The minimum atomic E-state index is 0.146. The molecule has 0 bridgehead atoms. The number of hydrogen-bond donors (Lipinski definition) is 0. The van der Waals surface area contributed by atoms with Gasteiger partial charge in [-0.2, -0.15) is 0 Å². The van der Waals surface area contributed by atoms with Gasteiger partial charge in [-0.25, -0.2) is 0 Å². The SMILES string of the molecule is c1ccc2c(c1)CC[C@]13O[C@@]21CC[C@@H]1CCC[C@H]13. The molecule has 3 fully saturated rings. The van der Waals surface area contributed by atoms with Crippen molar-refractivity contribution >= 4 is 0 Å². The predicted molar refractivity (Wildman–Crippen MR) is 70.3 cm³/mol. The van der Waals surface area contributed by atoms with Crippen molar-refractivity contribution in [3.05, 3.63) is 35.4 Å². The van der Waals surface area contributed by atoms with Gasteiger partial charge in [0.05, 0.1) is 0 Å². The Morgan fingerprint density at radius 1 is 1.06 bits per heavy atom. The molecule has 5 rings (SSSR count). The Morgan fingerprint density at radius 3 is 3.00 bits per heavy atom. The van der Waals surface area contributed by atoms with Gasteiger partial charge in [0.2, 0.25) is 0 Å². The number of benzene rings is 1. The Morgan fingerprint density at radius 2 is 2.00 bits per heavy atom. The van der Waals surface area contributed by atoms with Crippen LogP contribution in [0.15, 0.2) is 24.3 Å². The maximum atomic E-state index is 6.55. The van der Waals surface area contributed by atoms with Crippen LogP contribution in [0, 0.1) is 11.8 Å². The van der Waals surface area contributed by atoms with Crippen LogP contribution in [-0.2, 0) is 16.8 Å². The number of hydrogen-bond acceptors (Lipinski definition) is 1. The summed E-state index contributed by atoms with van der Waals surface area (Å²) in [5.41, 5.74) is 3.51. The molecule has 1 heterocycles. The first-order valence-electron chi connectivity index (χ1n) is 7.64. The zero-order valence-electron chi connectivity index (χ0n) is 10.8. The van der Waals surface area contributed by atoms with Crippen molar-refractivity contribution in [2.45, 2.75) is 56.1 Å². The van der Waals surface area contributed by atoms with E-state index in [1.165, 1.54) is 44.9 Å². The fourth-order valence-electron chi connectivity index (χ4n) is 5.62. The lowest BCUT2D eigenvalue weighted by Gasteiger charge is -2.38. The molecule has 1 heteroatoms. The van der Waals surface area contributed by atoms with Gasteiger partial charge >= 0.3 is 0 Å². The molecule has 1 saturated heterocycles. The second kappa shape index (κ2) is 3.01. The summed E-state index contributed by atoms with van der Waals surface area (Å²) in [6, 6.07) is 9.04. The van der Waals surface area contributed by atoms with Crippen LogP contribution >= 0.6 is 0 Å². The molecular weight excluding hydrogens is 220 g/mol. The van der Waals surface area contributed by atoms with Crippen LogP contribution in [0.1, 0.15) is 49.7 Å². The summed E-state index contributed by atoms with van der Waals surface area (Å²) in [6.45, 7) is 0. The van der Waals surface area contributed by atoms with Gasteiger partial charge in [-0.1, -0.05) is 37.1 Å². The first kappa shape index (κ1) is 10.0. The Kier molecular flexibility index (Phi) is 1.68. The van der Waals surface area contributed by atoms with E-state index in [1.807, 2.05) is 0 Å². The Labute approximate surface area is 109 Å². The summed E-state index contributed by atoms with van der Waals surface area (Å²) in [5, 5.41) is 0. The third-order valence-corrected chi connectivity index (χ3v) is 6.34. The molecule has 1 nitrogen and oxygen atoms in total. The summed E-state index contributed by atoms with van der Waals surface area (Å²) in [6.07, 6.45) is 9.54. The lowest BCUT2D eigenvalue weighted by molar-refractivity contribution is 0.161. The van der Waals surface area contributed by atoms with E-state index in [1.54, 1.807) is 11.1 Å². The van der Waals surface area contributed by atoms with Gasteiger partial charge in [0, 0.05) is 0 Å². The summed E-state index contributed by atoms with van der Waals surface area (Å²) >= 11 is 0. The molecule has 3 aliphatic carbocycles. The molecule has 0 radical (unpaired) electrons. The molecular formula is C17H20O. The number of aryl methyl sites for hydroxylation is 1. The van der Waals surface area contributed by atoms with Crippen molar-refractivity contribution < 1.29 is 4.74 Å². The van der Waals surface area contributed by atoms with Gasteiger partial charge in [0.15, 0.2) is 0 Å². The van der Waals surface area contributed by atoms with Gasteiger partial charge in [-0.05, 0) is 55.1 Å². The zero-order chi connectivity index (χ0) is 11.8. The van der Waals surface area contributed by atoms with Crippen LogP contribution in [0.5, 0.6) is 0 Å². The smallest absolute Gasteiger partial charge is 0.123 e. The summed E-state index contributed by atoms with van der Waals surface area (Å²) in [5.74, 6) is 1.85. The molecule has 0 N–H and O–H groups in total. The van der Waals surface area contributed by atoms with Gasteiger partial charge < -0.3 is 4.74 Å². The highest BCUT2D eigenvalue weighted by atomic mass is 16.6. The van der Waals surface area contributed by atoms with Crippen molar-refractivity contribution in [2.24, 2.45) is 11.8 Å². The average molecular weight is 240 g/mol. The topological polar surface area (TPSA) is 12.5 Å². The second-order valence-electron chi connectivity index (χ2n) is 6.81. The molecule has 1 aliphatic heterocycles. The van der Waals surface area contributed by atoms with Gasteiger partial charge in [0.1, 0.15) is 11.2 Å². The Hall–Kier alpha value is -0.820. The third-order valence-electron chi connectivity index (χ3n) is 6.34. The van der Waals surface area contributed by atoms with Gasteiger partial charge in [-0.15, -0.1) is 0 Å². The van der Waals surface area contributed by atoms with Crippen molar-refractivity contribution in [1.82, 2.24) is 0 Å². The number of ether oxygens (including phenoxy) is 1. The molecule has 4 aliphatic rings. The molecule has 1 aromatic rings. The summed E-state index contributed by atoms with van der Waals surface area (Å²) in [7, 11) is 0. The van der Waals surface area contributed by atoms with Crippen molar-refractivity contribution in [3.63, 3.8) is 0 Å². The first-order chi connectivity index (χ1) is 8.86. The van der Waals surface area contributed by atoms with E-state index in [2.05, 4.69) is 24.3 Å². The highest BCUT2D eigenvalue weighted by Crippen LogP contribution is 2.73. The molecule has 0 aromatic heterocycles. The van der Waals surface area contributed by atoms with Crippen LogP contribution in [0.3, 0.4) is 0 Å². The van der Waals surface area contributed by atoms with E-state index >= 15 is 0 Å². The lowest BCUT2D eigenvalue weighted by Crippen LogP contribution is -2.42. The van der Waals surface area contributed by atoms with E-state index in [9.17, 15) is 0 Å². The minimum absolute atomic E-state index is 0.146. The van der Waals surface area contributed by atoms with E-state index < -0.39 is 0 Å². The number of rotatable bonds is 0. The van der Waals surface area contributed by atoms with Crippen molar-refractivity contribution in [3.8, 4) is 0 Å². The summed E-state index contributed by atoms with van der Waals surface area (Å²) < 4.78 is 6.55. The van der Waals surface area contributed by atoms with Crippen LogP contribution in [0.2, 0.25) is 0 Å². The van der Waals surface area contributed by atoms with Crippen LogP contribution in [0.4, 0.5) is 0 Å². The highest BCUT2D eigenvalue weighted by molar-refractivity contribution is 5.45. The van der Waals surface area contributed by atoms with Gasteiger partial charge in [0.25, 0.3) is 0 Å². The van der Waals surface area contributed by atoms with E-state index in [4.69, 9.17) is 4.74 Å². The molecule has 0 spiro atoms. The monoisotopic (exact) mass is 240 g/mol. The number of epoxide rings is 1. The molecule has 1 aromatic carbocycles. The minimum Gasteiger partial charge on any atom is -0.357 e. The summed E-state index contributed by atoms with van der Waals surface area (Å²) in [4.78, 5) is 0. The fourth-order valence-corrected chi connectivity index (χ4v) is 5.62. The van der Waals surface area contributed by atoms with Crippen molar-refractivity contribution in [2.75, 3.05) is 0 Å². The first-order valence-corrected chi connectivity index (χ1v) is 7.64. The van der Waals surface area contributed by atoms with Gasteiger partial charge in [-0.3, -0.25) is 0 Å². The molecule has 0 unspecified atom stereocenters. The Bertz CT molecular complexity index is 522. The normalized spacial score (nSPS) is 47.8. The largest absolute Gasteiger partial charge is 0.357 e.